The minimum absolute atomic E-state index is 0.261. The molecule has 1 N–H and O–H groups in total. The normalized spacial score (nSPS) is 16.3. The summed E-state index contributed by atoms with van der Waals surface area (Å²) in [6.07, 6.45) is 6.72. The molecule has 1 aliphatic rings. The Morgan fingerprint density at radius 3 is 2.89 bits per heavy atom. The Balaban J connectivity index is 1.93. The van der Waals surface area contributed by atoms with Gasteiger partial charge in [0.25, 0.3) is 0 Å². The molecule has 18 heavy (non-hydrogen) atoms. The molecule has 1 saturated carbocycles. The smallest absolute Gasteiger partial charge is 0.123 e. The highest BCUT2D eigenvalue weighted by Gasteiger charge is 2.22. The van der Waals surface area contributed by atoms with Crippen LogP contribution in [-0.4, -0.2) is 18.7 Å². The number of rotatable bonds is 8. The molecule has 1 fully saturated rings. The van der Waals surface area contributed by atoms with Crippen LogP contribution in [0.3, 0.4) is 0 Å². The fourth-order valence-electron chi connectivity index (χ4n) is 1.98. The van der Waals surface area contributed by atoms with Gasteiger partial charge in [0.15, 0.2) is 0 Å². The molecule has 0 aliphatic heterocycles. The molecule has 1 unspecified atom stereocenters. The van der Waals surface area contributed by atoms with Crippen LogP contribution in [0.25, 0.3) is 0 Å². The molecule has 98 valence electrons. The third-order valence-electron chi connectivity index (χ3n) is 3.30. The molecule has 0 heterocycles. The lowest BCUT2D eigenvalue weighted by Gasteiger charge is -2.20. The first-order valence-corrected chi connectivity index (χ1v) is 6.92. The molecule has 1 atom stereocenters. The van der Waals surface area contributed by atoms with Crippen molar-refractivity contribution in [2.75, 3.05) is 6.54 Å². The topological polar surface area (TPSA) is 21.3 Å². The van der Waals surface area contributed by atoms with Crippen LogP contribution in [0.5, 0.6) is 5.75 Å². The fraction of sp³-hybridized carbons (Fsp3) is 0.500. The molecule has 1 aromatic rings. The Kier molecular flexibility index (Phi) is 4.82. The second-order valence-electron chi connectivity index (χ2n) is 4.93. The molecule has 1 aliphatic carbocycles. The maximum Gasteiger partial charge on any atom is 0.123 e. The van der Waals surface area contributed by atoms with Crippen molar-refractivity contribution in [1.29, 1.82) is 0 Å². The molecule has 0 radical (unpaired) electrons. The molecule has 2 nitrogen and oxygen atoms in total. The summed E-state index contributed by atoms with van der Waals surface area (Å²) in [7, 11) is 0. The maximum atomic E-state index is 6.12. The third-order valence-corrected chi connectivity index (χ3v) is 3.30. The highest BCUT2D eigenvalue weighted by atomic mass is 16.5. The van der Waals surface area contributed by atoms with E-state index < -0.39 is 0 Å². The average Bonchev–Trinajstić information content (AvgIpc) is 3.21. The van der Waals surface area contributed by atoms with Crippen LogP contribution in [0.2, 0.25) is 0 Å². The second kappa shape index (κ2) is 6.60. The number of ether oxygens (including phenoxy) is 1. The summed E-state index contributed by atoms with van der Waals surface area (Å²) in [6.45, 7) is 6.92. The number of hydrogen-bond acceptors (Lipinski definition) is 2. The van der Waals surface area contributed by atoms with Gasteiger partial charge in [-0.2, -0.15) is 0 Å². The van der Waals surface area contributed by atoms with Crippen LogP contribution < -0.4 is 10.1 Å². The van der Waals surface area contributed by atoms with E-state index in [-0.39, 0.29) is 6.10 Å². The molecule has 0 bridgehead atoms. The Morgan fingerprint density at radius 2 is 2.22 bits per heavy atom. The molecule has 1 aromatic carbocycles. The SMILES string of the molecule is C=CCc1ccccc1OC(CC)CNC1CC1. The lowest BCUT2D eigenvalue weighted by molar-refractivity contribution is 0.191. The van der Waals surface area contributed by atoms with Gasteiger partial charge in [0.2, 0.25) is 0 Å². The predicted octanol–water partition coefficient (Wildman–Crippen LogP) is 3.32. The Hall–Kier alpha value is -1.28. The molecule has 2 heteroatoms. The lowest BCUT2D eigenvalue weighted by Crippen LogP contribution is -2.32. The number of benzene rings is 1. The van der Waals surface area contributed by atoms with Gasteiger partial charge in [-0.1, -0.05) is 31.2 Å². The van der Waals surface area contributed by atoms with Gasteiger partial charge in [-0.05, 0) is 37.3 Å². The Labute approximate surface area is 110 Å². The monoisotopic (exact) mass is 245 g/mol. The number of hydrogen-bond donors (Lipinski definition) is 1. The van der Waals surface area contributed by atoms with E-state index in [0.29, 0.717) is 0 Å². The summed E-state index contributed by atoms with van der Waals surface area (Å²) in [5.41, 5.74) is 1.22. The molecular weight excluding hydrogens is 222 g/mol. The van der Waals surface area contributed by atoms with Crippen molar-refractivity contribution >= 4 is 0 Å². The second-order valence-corrected chi connectivity index (χ2v) is 4.93. The number of nitrogens with one attached hydrogen (secondary N) is 1. The van der Waals surface area contributed by atoms with E-state index in [1.807, 2.05) is 12.1 Å². The van der Waals surface area contributed by atoms with Gasteiger partial charge >= 0.3 is 0 Å². The van der Waals surface area contributed by atoms with Crippen LogP contribution in [0.15, 0.2) is 36.9 Å². The van der Waals surface area contributed by atoms with E-state index in [9.17, 15) is 0 Å². The van der Waals surface area contributed by atoms with Crippen molar-refractivity contribution in [3.8, 4) is 5.75 Å². The van der Waals surface area contributed by atoms with E-state index in [1.165, 1.54) is 18.4 Å². The Morgan fingerprint density at radius 1 is 1.44 bits per heavy atom. The minimum Gasteiger partial charge on any atom is -0.489 e. The van der Waals surface area contributed by atoms with Gasteiger partial charge in [0.05, 0.1) is 0 Å². The maximum absolute atomic E-state index is 6.12. The first-order valence-electron chi connectivity index (χ1n) is 6.92. The minimum atomic E-state index is 0.261. The molecule has 0 saturated heterocycles. The fourth-order valence-corrected chi connectivity index (χ4v) is 1.98. The zero-order valence-corrected chi connectivity index (χ0v) is 11.2. The van der Waals surface area contributed by atoms with Crippen LogP contribution in [-0.2, 0) is 6.42 Å². The summed E-state index contributed by atoms with van der Waals surface area (Å²) in [4.78, 5) is 0. The van der Waals surface area contributed by atoms with E-state index in [4.69, 9.17) is 4.74 Å². The van der Waals surface area contributed by atoms with Crippen LogP contribution in [0.1, 0.15) is 31.7 Å². The van der Waals surface area contributed by atoms with Gasteiger partial charge in [0.1, 0.15) is 11.9 Å². The molecule has 0 amide bonds. The van der Waals surface area contributed by atoms with Gasteiger partial charge in [-0.25, -0.2) is 0 Å². The van der Waals surface area contributed by atoms with Gasteiger partial charge in [-0.3, -0.25) is 0 Å². The highest BCUT2D eigenvalue weighted by Crippen LogP contribution is 2.22. The van der Waals surface area contributed by atoms with Crippen molar-refractivity contribution in [3.05, 3.63) is 42.5 Å². The quantitative estimate of drug-likeness (QED) is 0.709. The van der Waals surface area contributed by atoms with E-state index in [1.54, 1.807) is 0 Å². The highest BCUT2D eigenvalue weighted by molar-refractivity contribution is 5.34. The molecule has 0 aromatic heterocycles. The summed E-state index contributed by atoms with van der Waals surface area (Å²) < 4.78 is 6.12. The van der Waals surface area contributed by atoms with E-state index in [2.05, 4.69) is 37.0 Å². The van der Waals surface area contributed by atoms with Gasteiger partial charge in [-0.15, -0.1) is 6.58 Å². The average molecular weight is 245 g/mol. The molecular formula is C16H23NO. The zero-order valence-electron chi connectivity index (χ0n) is 11.2. The lowest BCUT2D eigenvalue weighted by atomic mass is 10.1. The molecule has 0 spiro atoms. The van der Waals surface area contributed by atoms with E-state index in [0.717, 1.165) is 31.2 Å². The van der Waals surface area contributed by atoms with Crippen molar-refractivity contribution in [1.82, 2.24) is 5.32 Å². The zero-order chi connectivity index (χ0) is 12.8. The van der Waals surface area contributed by atoms with Crippen LogP contribution >= 0.6 is 0 Å². The van der Waals surface area contributed by atoms with Crippen LogP contribution in [0, 0.1) is 0 Å². The summed E-state index contributed by atoms with van der Waals surface area (Å²) in [6, 6.07) is 8.99. The standard InChI is InChI=1S/C16H23NO/c1-3-7-13-8-5-6-9-16(13)18-15(4-2)12-17-14-10-11-14/h3,5-6,8-9,14-15,17H,1,4,7,10-12H2,2H3. The first-order chi connectivity index (χ1) is 8.83. The van der Waals surface area contributed by atoms with Crippen molar-refractivity contribution in [2.45, 2.75) is 44.8 Å². The number of para-hydroxylation sites is 1. The van der Waals surface area contributed by atoms with Crippen molar-refractivity contribution in [3.63, 3.8) is 0 Å². The summed E-state index contributed by atoms with van der Waals surface area (Å²) in [5, 5.41) is 3.53. The first kappa shape index (κ1) is 13.2. The summed E-state index contributed by atoms with van der Waals surface area (Å²) in [5.74, 6) is 1.00. The van der Waals surface area contributed by atoms with Crippen LogP contribution in [0.4, 0.5) is 0 Å². The predicted molar refractivity (Wildman–Crippen MR) is 76.1 cm³/mol. The largest absolute Gasteiger partial charge is 0.489 e. The number of allylic oxidation sites excluding steroid dienone is 1. The molecule has 2 rings (SSSR count). The Bertz CT molecular complexity index is 384. The van der Waals surface area contributed by atoms with Gasteiger partial charge in [0, 0.05) is 12.6 Å². The third kappa shape index (κ3) is 3.88. The van der Waals surface area contributed by atoms with Crippen molar-refractivity contribution in [2.24, 2.45) is 0 Å². The summed E-state index contributed by atoms with van der Waals surface area (Å²) >= 11 is 0. The van der Waals surface area contributed by atoms with E-state index >= 15 is 0 Å². The van der Waals surface area contributed by atoms with Crippen molar-refractivity contribution < 1.29 is 4.74 Å². The van der Waals surface area contributed by atoms with Gasteiger partial charge < -0.3 is 10.1 Å².